The summed E-state index contributed by atoms with van der Waals surface area (Å²) < 4.78 is 36.5. The minimum absolute atomic E-state index is 0.0592. The van der Waals surface area contributed by atoms with Gasteiger partial charge in [0.2, 0.25) is 12.2 Å². The van der Waals surface area contributed by atoms with Gasteiger partial charge in [0, 0.05) is 12.0 Å². The smallest absolute Gasteiger partial charge is 0.263 e. The maximum atomic E-state index is 12.7. The lowest BCUT2D eigenvalue weighted by atomic mass is 10.1. The van der Waals surface area contributed by atoms with Crippen LogP contribution in [0.3, 0.4) is 0 Å². The highest BCUT2D eigenvalue weighted by molar-refractivity contribution is 5.83. The lowest BCUT2D eigenvalue weighted by Gasteiger charge is -2.23. The van der Waals surface area contributed by atoms with Crippen LogP contribution in [0.15, 0.2) is 24.5 Å². The molecule has 0 bridgehead atoms. The number of benzene rings is 1. The first-order valence-electron chi connectivity index (χ1n) is 6.55. The molecule has 1 saturated heterocycles. The van der Waals surface area contributed by atoms with E-state index in [1.807, 2.05) is 0 Å². The van der Waals surface area contributed by atoms with Gasteiger partial charge in [0.05, 0.1) is 17.5 Å². The summed E-state index contributed by atoms with van der Waals surface area (Å²) in [4.78, 5) is 8.09. The Labute approximate surface area is 114 Å². The normalized spacial score (nSPS) is 19.4. The topological polar surface area (TPSA) is 44.2 Å². The summed E-state index contributed by atoms with van der Waals surface area (Å²) in [7, 11) is 0. The van der Waals surface area contributed by atoms with Crippen molar-refractivity contribution >= 4 is 10.9 Å². The van der Waals surface area contributed by atoms with Crippen molar-refractivity contribution in [1.82, 2.24) is 9.97 Å². The number of halogens is 2. The summed E-state index contributed by atoms with van der Waals surface area (Å²) in [6.45, 7) is 0.670. The van der Waals surface area contributed by atoms with Crippen molar-refractivity contribution in [3.05, 3.63) is 30.1 Å². The Kier molecular flexibility index (Phi) is 3.73. The molecule has 6 heteroatoms. The van der Waals surface area contributed by atoms with E-state index in [0.717, 1.165) is 19.3 Å². The first-order chi connectivity index (χ1) is 9.74. The molecule has 0 saturated carbocycles. The highest BCUT2D eigenvalue weighted by Gasteiger charge is 2.18. The van der Waals surface area contributed by atoms with Crippen molar-refractivity contribution in [1.29, 1.82) is 0 Å². The predicted octanol–water partition coefficient (Wildman–Crippen LogP) is 3.47. The van der Waals surface area contributed by atoms with E-state index in [4.69, 9.17) is 9.47 Å². The average Bonchev–Trinajstić information content (AvgIpc) is 2.48. The maximum Gasteiger partial charge on any atom is 0.263 e. The molecule has 3 rings (SSSR count). The zero-order valence-corrected chi connectivity index (χ0v) is 10.8. The van der Waals surface area contributed by atoms with E-state index < -0.39 is 6.43 Å². The highest BCUT2D eigenvalue weighted by Crippen LogP contribution is 2.28. The van der Waals surface area contributed by atoms with E-state index in [1.54, 1.807) is 6.07 Å². The highest BCUT2D eigenvalue weighted by atomic mass is 19.3. The van der Waals surface area contributed by atoms with Gasteiger partial charge in [0.25, 0.3) is 6.43 Å². The van der Waals surface area contributed by atoms with Crippen molar-refractivity contribution in [3.8, 4) is 5.88 Å². The molecule has 1 aromatic heterocycles. The van der Waals surface area contributed by atoms with Gasteiger partial charge < -0.3 is 9.47 Å². The number of ether oxygens (including phenoxy) is 2. The second-order valence-corrected chi connectivity index (χ2v) is 4.67. The number of aromatic nitrogens is 2. The zero-order chi connectivity index (χ0) is 13.9. The van der Waals surface area contributed by atoms with E-state index in [0.29, 0.717) is 23.4 Å². The van der Waals surface area contributed by atoms with Crippen LogP contribution < -0.4 is 4.74 Å². The van der Waals surface area contributed by atoms with Crippen LogP contribution in [0, 0.1) is 0 Å². The molecule has 0 spiro atoms. The van der Waals surface area contributed by atoms with Gasteiger partial charge in [-0.15, -0.1) is 0 Å². The van der Waals surface area contributed by atoms with E-state index in [9.17, 15) is 8.78 Å². The van der Waals surface area contributed by atoms with Crippen molar-refractivity contribution in [3.63, 3.8) is 0 Å². The van der Waals surface area contributed by atoms with Gasteiger partial charge in [-0.2, -0.15) is 0 Å². The van der Waals surface area contributed by atoms with Crippen molar-refractivity contribution in [2.75, 3.05) is 6.61 Å². The first kappa shape index (κ1) is 13.2. The number of fused-ring (bicyclic) bond motifs is 1. The first-order valence-corrected chi connectivity index (χ1v) is 6.55. The van der Waals surface area contributed by atoms with Crippen molar-refractivity contribution in [2.45, 2.75) is 32.0 Å². The number of alkyl halides is 2. The fraction of sp³-hybridized carbons (Fsp3) is 0.429. The Morgan fingerprint density at radius 1 is 1.25 bits per heavy atom. The second kappa shape index (κ2) is 5.66. The van der Waals surface area contributed by atoms with E-state index in [1.165, 1.54) is 18.5 Å². The van der Waals surface area contributed by atoms with Crippen LogP contribution in [0.1, 0.15) is 31.3 Å². The molecule has 1 unspecified atom stereocenters. The van der Waals surface area contributed by atoms with Gasteiger partial charge in [-0.1, -0.05) is 6.07 Å². The molecule has 1 aliphatic heterocycles. The van der Waals surface area contributed by atoms with E-state index in [2.05, 4.69) is 9.97 Å². The van der Waals surface area contributed by atoms with Crippen LogP contribution >= 0.6 is 0 Å². The molecule has 0 aliphatic carbocycles. The van der Waals surface area contributed by atoms with Gasteiger partial charge in [0.1, 0.15) is 6.33 Å². The third kappa shape index (κ3) is 2.70. The minimum atomic E-state index is -2.51. The van der Waals surface area contributed by atoms with Crippen molar-refractivity contribution in [2.24, 2.45) is 0 Å². The van der Waals surface area contributed by atoms with Crippen LogP contribution in [-0.2, 0) is 4.74 Å². The summed E-state index contributed by atoms with van der Waals surface area (Å²) in [5.74, 6) is 0.378. The molecule has 0 N–H and O–H groups in total. The molecular weight excluding hydrogens is 266 g/mol. The third-order valence-electron chi connectivity index (χ3n) is 3.26. The Balaban J connectivity index is 1.90. The lowest BCUT2D eigenvalue weighted by Crippen LogP contribution is -2.25. The predicted molar refractivity (Wildman–Crippen MR) is 68.7 cm³/mol. The van der Waals surface area contributed by atoms with Gasteiger partial charge in [-0.25, -0.2) is 18.7 Å². The van der Waals surface area contributed by atoms with Crippen LogP contribution in [0.25, 0.3) is 10.9 Å². The third-order valence-corrected chi connectivity index (χ3v) is 3.26. The molecule has 20 heavy (non-hydrogen) atoms. The van der Waals surface area contributed by atoms with Crippen molar-refractivity contribution < 1.29 is 18.3 Å². The summed E-state index contributed by atoms with van der Waals surface area (Å²) >= 11 is 0. The van der Waals surface area contributed by atoms with Crippen LogP contribution in [0.5, 0.6) is 5.88 Å². The number of hydrogen-bond acceptors (Lipinski definition) is 4. The molecule has 1 aliphatic rings. The van der Waals surface area contributed by atoms with Crippen LogP contribution in [0.4, 0.5) is 8.78 Å². The van der Waals surface area contributed by atoms with Crippen LogP contribution in [-0.4, -0.2) is 22.9 Å². The average molecular weight is 280 g/mol. The molecule has 1 aromatic carbocycles. The second-order valence-electron chi connectivity index (χ2n) is 4.67. The molecule has 0 radical (unpaired) electrons. The number of rotatable bonds is 3. The lowest BCUT2D eigenvalue weighted by molar-refractivity contribution is -0.107. The molecule has 4 nitrogen and oxygen atoms in total. The van der Waals surface area contributed by atoms with Gasteiger partial charge in [0.15, 0.2) is 0 Å². The number of nitrogens with zero attached hydrogens (tertiary/aromatic N) is 2. The molecule has 2 heterocycles. The van der Waals surface area contributed by atoms with Gasteiger partial charge in [-0.05, 0) is 25.0 Å². The van der Waals surface area contributed by atoms with E-state index >= 15 is 0 Å². The molecule has 0 amide bonds. The summed E-state index contributed by atoms with van der Waals surface area (Å²) in [6.07, 6.45) is 1.36. The summed E-state index contributed by atoms with van der Waals surface area (Å²) in [5.41, 5.74) is 0.389. The quantitative estimate of drug-likeness (QED) is 0.863. The molecule has 1 atom stereocenters. The molecule has 106 valence electrons. The molecular formula is C14H14F2N2O2. The minimum Gasteiger partial charge on any atom is -0.447 e. The Morgan fingerprint density at radius 3 is 2.90 bits per heavy atom. The Morgan fingerprint density at radius 2 is 2.15 bits per heavy atom. The van der Waals surface area contributed by atoms with Gasteiger partial charge >= 0.3 is 0 Å². The standard InChI is InChI=1S/C14H14F2N2O2/c15-13(16)9-4-5-10-11(7-9)17-8-18-14(10)20-12-3-1-2-6-19-12/h4-5,7-8,12-13H,1-3,6H2. The monoisotopic (exact) mass is 280 g/mol. The maximum absolute atomic E-state index is 12.7. The van der Waals surface area contributed by atoms with Crippen LogP contribution in [0.2, 0.25) is 0 Å². The Bertz CT molecular complexity index is 601. The fourth-order valence-electron chi connectivity index (χ4n) is 2.21. The number of hydrogen-bond donors (Lipinski definition) is 0. The summed E-state index contributed by atoms with van der Waals surface area (Å²) in [6, 6.07) is 4.29. The fourth-order valence-corrected chi connectivity index (χ4v) is 2.21. The summed E-state index contributed by atoms with van der Waals surface area (Å²) in [5, 5.41) is 0.617. The Hall–Kier alpha value is -1.82. The molecule has 1 fully saturated rings. The van der Waals surface area contributed by atoms with Gasteiger partial charge in [-0.3, -0.25) is 0 Å². The largest absolute Gasteiger partial charge is 0.447 e. The van der Waals surface area contributed by atoms with E-state index in [-0.39, 0.29) is 11.9 Å². The SMILES string of the molecule is FC(F)c1ccc2c(OC3CCCCO3)ncnc2c1. The zero-order valence-electron chi connectivity index (χ0n) is 10.8. The molecule has 2 aromatic rings.